The minimum Gasteiger partial charge on any atom is -0.348 e. The van der Waals surface area contributed by atoms with E-state index >= 15 is 0 Å². The highest BCUT2D eigenvalue weighted by atomic mass is 32.2. The van der Waals surface area contributed by atoms with E-state index in [1.807, 2.05) is 6.07 Å². The number of hydrogen-bond donors (Lipinski definition) is 1. The lowest BCUT2D eigenvalue weighted by Crippen LogP contribution is -2.41. The van der Waals surface area contributed by atoms with Gasteiger partial charge in [0.1, 0.15) is 12.4 Å². The summed E-state index contributed by atoms with van der Waals surface area (Å²) >= 11 is 0. The first-order chi connectivity index (χ1) is 12.1. The van der Waals surface area contributed by atoms with Crippen molar-refractivity contribution in [2.45, 2.75) is 26.8 Å². The maximum Gasteiger partial charge on any atom is 0.241 e. The third kappa shape index (κ3) is 4.82. The highest BCUT2D eigenvalue weighted by molar-refractivity contribution is 7.92. The summed E-state index contributed by atoms with van der Waals surface area (Å²) in [6, 6.07) is 10.9. The van der Waals surface area contributed by atoms with Crippen molar-refractivity contribution >= 4 is 21.6 Å². The molecule has 1 atom stereocenters. The van der Waals surface area contributed by atoms with Gasteiger partial charge in [-0.05, 0) is 49.6 Å². The molecule has 26 heavy (non-hydrogen) atoms. The molecule has 0 radical (unpaired) electrons. The molecule has 0 spiro atoms. The molecule has 0 aliphatic rings. The number of benzene rings is 2. The first-order valence-corrected chi connectivity index (χ1v) is 10.0. The zero-order chi connectivity index (χ0) is 19.5. The van der Waals surface area contributed by atoms with Gasteiger partial charge in [0.2, 0.25) is 15.9 Å². The molecule has 1 N–H and O–H groups in total. The van der Waals surface area contributed by atoms with Gasteiger partial charge in [0.25, 0.3) is 0 Å². The van der Waals surface area contributed by atoms with Gasteiger partial charge in [-0.1, -0.05) is 30.3 Å². The van der Waals surface area contributed by atoms with Gasteiger partial charge in [0.05, 0.1) is 18.0 Å². The molecule has 2 aromatic rings. The van der Waals surface area contributed by atoms with Crippen LogP contribution in [0, 0.1) is 19.7 Å². The Labute approximate surface area is 153 Å². The molecule has 0 bridgehead atoms. The molecule has 0 saturated heterocycles. The second kappa shape index (κ2) is 7.86. The normalized spacial score (nSPS) is 12.5. The van der Waals surface area contributed by atoms with Gasteiger partial charge >= 0.3 is 0 Å². The van der Waals surface area contributed by atoms with E-state index in [-0.39, 0.29) is 18.4 Å². The number of carbonyl (C=O) groups excluding carboxylic acids is 1. The minimum atomic E-state index is -3.64. The van der Waals surface area contributed by atoms with Crippen molar-refractivity contribution < 1.29 is 17.6 Å². The van der Waals surface area contributed by atoms with Crippen LogP contribution >= 0.6 is 0 Å². The smallest absolute Gasteiger partial charge is 0.241 e. The number of rotatable bonds is 6. The Bertz CT molecular complexity index is 875. The third-order valence-corrected chi connectivity index (χ3v) is 5.24. The zero-order valence-electron chi connectivity index (χ0n) is 15.3. The van der Waals surface area contributed by atoms with Crippen molar-refractivity contribution in [3.05, 3.63) is 65.0 Å². The van der Waals surface area contributed by atoms with Crippen molar-refractivity contribution in [2.75, 3.05) is 17.1 Å². The van der Waals surface area contributed by atoms with Crippen LogP contribution in [-0.2, 0) is 14.8 Å². The molecule has 0 aliphatic carbocycles. The van der Waals surface area contributed by atoms with Crippen LogP contribution in [0.25, 0.3) is 0 Å². The molecule has 5 nitrogen and oxygen atoms in total. The average molecular weight is 378 g/mol. The summed E-state index contributed by atoms with van der Waals surface area (Å²) in [7, 11) is -3.64. The monoisotopic (exact) mass is 378 g/mol. The maximum atomic E-state index is 13.0. The number of nitrogens with zero attached hydrogens (tertiary/aromatic N) is 1. The summed E-state index contributed by atoms with van der Waals surface area (Å²) in [6.45, 7) is 5.05. The Morgan fingerprint density at radius 2 is 1.65 bits per heavy atom. The molecule has 0 aliphatic heterocycles. The topological polar surface area (TPSA) is 66.5 Å². The van der Waals surface area contributed by atoms with Gasteiger partial charge in [-0.2, -0.15) is 0 Å². The van der Waals surface area contributed by atoms with Crippen LogP contribution in [0.4, 0.5) is 10.1 Å². The predicted octanol–water partition coefficient (Wildman–Crippen LogP) is 3.09. The predicted molar refractivity (Wildman–Crippen MR) is 101 cm³/mol. The Morgan fingerprint density at radius 1 is 1.12 bits per heavy atom. The molecule has 0 heterocycles. The third-order valence-electron chi connectivity index (χ3n) is 4.12. The standard InChI is InChI=1S/C19H23FN2O3S/c1-13-6-5-7-14(2)19(13)22(26(4,24)25)12-18(23)21-15(3)16-8-10-17(20)11-9-16/h5-11,15H,12H2,1-4H3,(H,21,23). The molecular weight excluding hydrogens is 355 g/mol. The fraction of sp³-hybridized carbons (Fsp3) is 0.316. The van der Waals surface area contributed by atoms with E-state index in [4.69, 9.17) is 0 Å². The number of para-hydroxylation sites is 1. The first kappa shape index (κ1) is 19.9. The molecule has 2 rings (SSSR count). The average Bonchev–Trinajstić information content (AvgIpc) is 2.53. The van der Waals surface area contributed by atoms with Gasteiger partial charge in [-0.15, -0.1) is 0 Å². The minimum absolute atomic E-state index is 0.323. The van der Waals surface area contributed by atoms with Gasteiger partial charge in [-0.25, -0.2) is 12.8 Å². The number of nitrogens with one attached hydrogen (secondary N) is 1. The Kier molecular flexibility index (Phi) is 6.02. The second-order valence-electron chi connectivity index (χ2n) is 6.35. The fourth-order valence-corrected chi connectivity index (χ4v) is 3.78. The molecule has 1 unspecified atom stereocenters. The molecule has 0 aromatic heterocycles. The van der Waals surface area contributed by atoms with E-state index in [2.05, 4.69) is 5.32 Å². The second-order valence-corrected chi connectivity index (χ2v) is 8.26. The van der Waals surface area contributed by atoms with E-state index in [9.17, 15) is 17.6 Å². The summed E-state index contributed by atoms with van der Waals surface area (Å²) < 4.78 is 38.7. The van der Waals surface area contributed by atoms with Crippen LogP contribution in [-0.4, -0.2) is 27.1 Å². The Hall–Kier alpha value is -2.41. The van der Waals surface area contributed by atoms with E-state index in [1.165, 1.54) is 12.1 Å². The lowest BCUT2D eigenvalue weighted by molar-refractivity contribution is -0.120. The Balaban J connectivity index is 2.21. The molecule has 1 amide bonds. The van der Waals surface area contributed by atoms with Gasteiger partial charge in [-0.3, -0.25) is 9.10 Å². The number of sulfonamides is 1. The first-order valence-electron chi connectivity index (χ1n) is 8.18. The van der Waals surface area contributed by atoms with Crippen LogP contribution in [0.15, 0.2) is 42.5 Å². The maximum absolute atomic E-state index is 13.0. The molecule has 140 valence electrons. The molecular formula is C19H23FN2O3S. The van der Waals surface area contributed by atoms with Crippen LogP contribution < -0.4 is 9.62 Å². The molecule has 7 heteroatoms. The number of amides is 1. The quantitative estimate of drug-likeness (QED) is 0.840. The number of anilines is 1. The number of hydrogen-bond acceptors (Lipinski definition) is 3. The summed E-state index contributed by atoms with van der Waals surface area (Å²) in [5, 5.41) is 2.76. The van der Waals surface area contributed by atoms with Crippen LogP contribution in [0.3, 0.4) is 0 Å². The van der Waals surface area contributed by atoms with Gasteiger partial charge < -0.3 is 5.32 Å². The van der Waals surface area contributed by atoms with Gasteiger partial charge in [0.15, 0.2) is 0 Å². The van der Waals surface area contributed by atoms with Crippen LogP contribution in [0.2, 0.25) is 0 Å². The van der Waals surface area contributed by atoms with E-state index in [0.717, 1.165) is 27.3 Å². The van der Waals surface area contributed by atoms with Crippen molar-refractivity contribution in [3.63, 3.8) is 0 Å². The van der Waals surface area contributed by atoms with E-state index in [0.29, 0.717) is 5.69 Å². The lowest BCUT2D eigenvalue weighted by atomic mass is 10.1. The van der Waals surface area contributed by atoms with Crippen molar-refractivity contribution in [2.24, 2.45) is 0 Å². The van der Waals surface area contributed by atoms with E-state index in [1.54, 1.807) is 45.0 Å². The summed E-state index contributed by atoms with van der Waals surface area (Å²) in [5.41, 5.74) is 2.79. The van der Waals surface area contributed by atoms with Crippen LogP contribution in [0.5, 0.6) is 0 Å². The summed E-state index contributed by atoms with van der Waals surface area (Å²) in [6.07, 6.45) is 1.08. The zero-order valence-corrected chi connectivity index (χ0v) is 16.1. The molecule has 2 aromatic carbocycles. The number of aryl methyl sites for hydroxylation is 2. The number of carbonyl (C=O) groups is 1. The van der Waals surface area contributed by atoms with Crippen molar-refractivity contribution in [1.29, 1.82) is 0 Å². The summed E-state index contributed by atoms with van der Waals surface area (Å²) in [4.78, 5) is 12.5. The van der Waals surface area contributed by atoms with Gasteiger partial charge in [0, 0.05) is 0 Å². The number of halogens is 1. The lowest BCUT2D eigenvalue weighted by Gasteiger charge is -2.26. The van der Waals surface area contributed by atoms with Crippen molar-refractivity contribution in [1.82, 2.24) is 5.32 Å². The summed E-state index contributed by atoms with van der Waals surface area (Å²) in [5.74, 6) is -0.791. The molecule has 0 saturated carbocycles. The highest BCUT2D eigenvalue weighted by Crippen LogP contribution is 2.26. The largest absolute Gasteiger partial charge is 0.348 e. The van der Waals surface area contributed by atoms with E-state index < -0.39 is 15.9 Å². The molecule has 0 fully saturated rings. The SMILES string of the molecule is Cc1cccc(C)c1N(CC(=O)NC(C)c1ccc(F)cc1)S(C)(=O)=O. The fourth-order valence-electron chi connectivity index (χ4n) is 2.81. The Morgan fingerprint density at radius 3 is 2.15 bits per heavy atom. The van der Waals surface area contributed by atoms with Crippen molar-refractivity contribution in [3.8, 4) is 0 Å². The van der Waals surface area contributed by atoms with Crippen LogP contribution in [0.1, 0.15) is 29.7 Å². The highest BCUT2D eigenvalue weighted by Gasteiger charge is 2.24.